The van der Waals surface area contributed by atoms with E-state index in [2.05, 4.69) is 0 Å². The number of aryl methyl sites for hydroxylation is 1. The Hall–Kier alpha value is -3.96. The molecule has 0 fully saturated rings. The Labute approximate surface area is 223 Å². The van der Waals surface area contributed by atoms with Crippen LogP contribution in [0.2, 0.25) is 0 Å². The fourth-order valence-corrected chi connectivity index (χ4v) is 5.11. The number of ether oxygens (including phenoxy) is 1. The second-order valence-corrected chi connectivity index (χ2v) is 9.88. The third-order valence-corrected chi connectivity index (χ3v) is 7.22. The van der Waals surface area contributed by atoms with Crippen molar-refractivity contribution in [1.29, 1.82) is 0 Å². The highest BCUT2D eigenvalue weighted by atomic mass is 19.1. The van der Waals surface area contributed by atoms with Crippen molar-refractivity contribution in [2.75, 3.05) is 27.7 Å². The molecule has 2 heterocycles. The number of aliphatic hydroxyl groups is 1. The second kappa shape index (κ2) is 10.7. The number of aliphatic carboxylic acids is 1. The molecule has 39 heavy (non-hydrogen) atoms. The van der Waals surface area contributed by atoms with Gasteiger partial charge in [-0.2, -0.15) is 0 Å². The Bertz CT molecular complexity index is 1600. The van der Waals surface area contributed by atoms with E-state index < -0.39 is 41.8 Å². The standard InChI is InChI=1S/C28H31F2N3O6/c1-14-15(11-26(37)39-5)16-8-19(20(29)12-22(16)32(14)4)28(38)27-18(10-25(35)36)17-9-24(34)21(30)13-23(17)33(27)7-6-31(2)3/h8-9,12-13,28,34,38H,6-7,10-11H2,1-5H3,(H,35,36). The predicted molar refractivity (Wildman–Crippen MR) is 141 cm³/mol. The number of halogens is 2. The van der Waals surface area contributed by atoms with E-state index in [1.807, 2.05) is 19.0 Å². The van der Waals surface area contributed by atoms with E-state index in [9.17, 15) is 29.3 Å². The number of hydrogen-bond acceptors (Lipinski definition) is 6. The van der Waals surface area contributed by atoms with Crippen molar-refractivity contribution in [3.05, 3.63) is 64.0 Å². The first kappa shape index (κ1) is 28.1. The van der Waals surface area contributed by atoms with Crippen LogP contribution in [0.25, 0.3) is 21.8 Å². The van der Waals surface area contributed by atoms with Gasteiger partial charge >= 0.3 is 11.9 Å². The Balaban J connectivity index is 2.01. The Morgan fingerprint density at radius 1 is 1.03 bits per heavy atom. The lowest BCUT2D eigenvalue weighted by molar-refractivity contribution is -0.140. The molecule has 0 aliphatic heterocycles. The first-order chi connectivity index (χ1) is 18.3. The molecule has 0 saturated carbocycles. The quantitative estimate of drug-likeness (QED) is 0.277. The Morgan fingerprint density at radius 2 is 1.67 bits per heavy atom. The zero-order valence-electron chi connectivity index (χ0n) is 22.4. The van der Waals surface area contributed by atoms with Crippen molar-refractivity contribution in [2.45, 2.75) is 32.4 Å². The highest BCUT2D eigenvalue weighted by molar-refractivity contribution is 5.92. The summed E-state index contributed by atoms with van der Waals surface area (Å²) in [5.41, 5.74) is 2.19. The molecule has 1 unspecified atom stereocenters. The van der Waals surface area contributed by atoms with Crippen LogP contribution in [0.5, 0.6) is 5.75 Å². The largest absolute Gasteiger partial charge is 0.505 e. The van der Waals surface area contributed by atoms with E-state index in [0.29, 0.717) is 23.0 Å². The van der Waals surface area contributed by atoms with Crippen LogP contribution in [0.1, 0.15) is 34.2 Å². The number of nitrogens with zero attached hydrogens (tertiary/aromatic N) is 3. The van der Waals surface area contributed by atoms with Gasteiger partial charge in [0.25, 0.3) is 0 Å². The molecular formula is C28H31F2N3O6. The molecule has 0 aliphatic rings. The summed E-state index contributed by atoms with van der Waals surface area (Å²) >= 11 is 0. The van der Waals surface area contributed by atoms with Crippen LogP contribution < -0.4 is 0 Å². The number of methoxy groups -OCH3 is 1. The molecule has 0 aliphatic carbocycles. The maximum Gasteiger partial charge on any atom is 0.310 e. The normalized spacial score (nSPS) is 12.5. The number of phenolic OH excluding ortho intramolecular Hbond substituents is 1. The van der Waals surface area contributed by atoms with E-state index in [-0.39, 0.29) is 40.7 Å². The summed E-state index contributed by atoms with van der Waals surface area (Å²) in [7, 11) is 6.65. The fourth-order valence-electron chi connectivity index (χ4n) is 5.11. The molecule has 2 aromatic carbocycles. The molecule has 4 rings (SSSR count). The molecule has 0 saturated heterocycles. The van der Waals surface area contributed by atoms with E-state index >= 15 is 4.39 Å². The minimum Gasteiger partial charge on any atom is -0.505 e. The summed E-state index contributed by atoms with van der Waals surface area (Å²) in [6.45, 7) is 2.46. The number of esters is 1. The van der Waals surface area contributed by atoms with Crippen molar-refractivity contribution in [3.8, 4) is 5.75 Å². The number of rotatable bonds is 9. The third kappa shape index (κ3) is 5.07. The van der Waals surface area contributed by atoms with Gasteiger partial charge in [-0.1, -0.05) is 0 Å². The number of aromatic nitrogens is 2. The van der Waals surface area contributed by atoms with Gasteiger partial charge in [0, 0.05) is 48.2 Å². The lowest BCUT2D eigenvalue weighted by atomic mass is 9.97. The number of likely N-dealkylation sites (N-methyl/N-ethyl adjacent to an activating group) is 1. The summed E-state index contributed by atoms with van der Waals surface area (Å²) in [6.07, 6.45) is -2.26. The van der Waals surface area contributed by atoms with Crippen molar-refractivity contribution in [3.63, 3.8) is 0 Å². The molecule has 208 valence electrons. The topological polar surface area (TPSA) is 117 Å². The van der Waals surface area contributed by atoms with Crippen molar-refractivity contribution < 1.29 is 38.4 Å². The van der Waals surface area contributed by atoms with Gasteiger partial charge in [0.05, 0.1) is 36.7 Å². The number of phenols is 1. The number of fused-ring (bicyclic) bond motifs is 2. The van der Waals surface area contributed by atoms with Gasteiger partial charge in [-0.15, -0.1) is 0 Å². The van der Waals surface area contributed by atoms with E-state index in [1.54, 1.807) is 23.1 Å². The van der Waals surface area contributed by atoms with Crippen LogP contribution >= 0.6 is 0 Å². The van der Waals surface area contributed by atoms with Crippen molar-refractivity contribution >= 4 is 33.7 Å². The summed E-state index contributed by atoms with van der Waals surface area (Å²) in [6, 6.07) is 4.92. The lowest BCUT2D eigenvalue weighted by Crippen LogP contribution is -2.21. The second-order valence-electron chi connectivity index (χ2n) is 9.88. The van der Waals surface area contributed by atoms with Gasteiger partial charge in [-0.3, -0.25) is 9.59 Å². The number of carboxylic acid groups (broad SMARTS) is 1. The van der Waals surface area contributed by atoms with Crippen molar-refractivity contribution in [2.24, 2.45) is 7.05 Å². The Morgan fingerprint density at radius 3 is 2.28 bits per heavy atom. The van der Waals surface area contributed by atoms with Crippen LogP contribution in [0, 0.1) is 18.6 Å². The van der Waals surface area contributed by atoms with Crippen LogP contribution in [0.4, 0.5) is 8.78 Å². The van der Waals surface area contributed by atoms with Gasteiger partial charge in [-0.05, 0) is 50.3 Å². The molecular weight excluding hydrogens is 512 g/mol. The number of aromatic hydroxyl groups is 1. The summed E-state index contributed by atoms with van der Waals surface area (Å²) in [4.78, 5) is 25.8. The monoisotopic (exact) mass is 543 g/mol. The molecule has 0 bridgehead atoms. The number of aliphatic hydroxyl groups excluding tert-OH is 1. The molecule has 3 N–H and O–H groups in total. The molecule has 4 aromatic rings. The molecule has 0 amide bonds. The first-order valence-electron chi connectivity index (χ1n) is 12.3. The van der Waals surface area contributed by atoms with E-state index in [4.69, 9.17) is 4.74 Å². The maximum absolute atomic E-state index is 15.6. The van der Waals surface area contributed by atoms with Gasteiger partial charge in [0.1, 0.15) is 11.9 Å². The van der Waals surface area contributed by atoms with Crippen LogP contribution in [-0.4, -0.2) is 69.0 Å². The average Bonchev–Trinajstić information content (AvgIpc) is 3.27. The highest BCUT2D eigenvalue weighted by Gasteiger charge is 2.29. The molecule has 0 spiro atoms. The molecule has 1 atom stereocenters. The molecule has 11 heteroatoms. The van der Waals surface area contributed by atoms with E-state index in [0.717, 1.165) is 17.8 Å². The van der Waals surface area contributed by atoms with Crippen LogP contribution in [-0.2, 0) is 40.8 Å². The van der Waals surface area contributed by atoms with Gasteiger partial charge in [-0.25, -0.2) is 8.78 Å². The van der Waals surface area contributed by atoms with Crippen molar-refractivity contribution in [1.82, 2.24) is 14.0 Å². The third-order valence-electron chi connectivity index (χ3n) is 7.22. The number of hydrogen-bond donors (Lipinski definition) is 3. The fraction of sp³-hybridized carbons (Fsp3) is 0.357. The zero-order chi connectivity index (χ0) is 28.8. The average molecular weight is 544 g/mol. The molecule has 0 radical (unpaired) electrons. The predicted octanol–water partition coefficient (Wildman–Crippen LogP) is 3.41. The van der Waals surface area contributed by atoms with Crippen LogP contribution in [0.15, 0.2) is 24.3 Å². The first-order valence-corrected chi connectivity index (χ1v) is 12.3. The number of carbonyl (C=O) groups excluding carboxylic acids is 1. The minimum atomic E-state index is -1.64. The summed E-state index contributed by atoms with van der Waals surface area (Å²) < 4.78 is 38.2. The van der Waals surface area contributed by atoms with E-state index in [1.165, 1.54) is 19.2 Å². The molecule has 2 aromatic heterocycles. The summed E-state index contributed by atoms with van der Waals surface area (Å²) in [5, 5.41) is 32.2. The highest BCUT2D eigenvalue weighted by Crippen LogP contribution is 2.39. The summed E-state index contributed by atoms with van der Waals surface area (Å²) in [5.74, 6) is -4.01. The number of benzene rings is 2. The van der Waals surface area contributed by atoms with Gasteiger partial charge in [0.15, 0.2) is 11.6 Å². The number of carbonyl (C=O) groups is 2. The SMILES string of the molecule is COC(=O)Cc1c(C)n(C)c2cc(F)c(C(O)c3c(CC(=O)O)c4cc(O)c(F)cc4n3CCN(C)C)cc12. The zero-order valence-corrected chi connectivity index (χ0v) is 22.4. The smallest absolute Gasteiger partial charge is 0.310 e. The number of carboxylic acids is 1. The Kier molecular flexibility index (Phi) is 7.67. The minimum absolute atomic E-state index is 0.0627. The van der Waals surface area contributed by atoms with Gasteiger partial charge in [0.2, 0.25) is 0 Å². The molecule has 9 nitrogen and oxygen atoms in total. The maximum atomic E-state index is 15.6. The van der Waals surface area contributed by atoms with Gasteiger partial charge < -0.3 is 34.1 Å². The lowest BCUT2D eigenvalue weighted by Gasteiger charge is -2.20. The van der Waals surface area contributed by atoms with Crippen LogP contribution in [0.3, 0.4) is 0 Å².